The third kappa shape index (κ3) is 3.39. The summed E-state index contributed by atoms with van der Waals surface area (Å²) in [5.41, 5.74) is 6.83. The average Bonchev–Trinajstić information content (AvgIpc) is 2.37. The summed E-state index contributed by atoms with van der Waals surface area (Å²) < 4.78 is 11.1. The van der Waals surface area contributed by atoms with Crippen molar-refractivity contribution in [3.63, 3.8) is 0 Å². The van der Waals surface area contributed by atoms with E-state index < -0.39 is 0 Å². The average molecular weight is 237 g/mol. The number of nitrogen functional groups attached to an aromatic ring is 1. The van der Waals surface area contributed by atoms with Gasteiger partial charge in [0.25, 0.3) is 0 Å². The molecule has 5 heteroatoms. The normalized spacial score (nSPS) is 22.3. The number of aromatic nitrogens is 1. The van der Waals surface area contributed by atoms with E-state index in [9.17, 15) is 0 Å². The van der Waals surface area contributed by atoms with Crippen molar-refractivity contribution >= 4 is 5.82 Å². The van der Waals surface area contributed by atoms with Gasteiger partial charge in [-0.1, -0.05) is 0 Å². The molecule has 0 saturated carbocycles. The van der Waals surface area contributed by atoms with Crippen molar-refractivity contribution < 1.29 is 9.47 Å². The van der Waals surface area contributed by atoms with E-state index in [0.717, 1.165) is 12.0 Å². The Kier molecular flexibility index (Phi) is 4.30. The molecule has 0 radical (unpaired) electrons. The van der Waals surface area contributed by atoms with Gasteiger partial charge in [0, 0.05) is 12.2 Å². The maximum atomic E-state index is 5.70. The highest BCUT2D eigenvalue weighted by atomic mass is 16.6. The molecule has 17 heavy (non-hydrogen) atoms. The molecule has 2 unspecified atom stereocenters. The predicted octanol–water partition coefficient (Wildman–Crippen LogP) is 0.210. The van der Waals surface area contributed by atoms with Crippen molar-refractivity contribution in [2.45, 2.75) is 18.6 Å². The van der Waals surface area contributed by atoms with Crippen molar-refractivity contribution in [3.8, 4) is 0 Å². The summed E-state index contributed by atoms with van der Waals surface area (Å²) in [5, 5.41) is 3.27. The lowest BCUT2D eigenvalue weighted by atomic mass is 10.0. The number of pyridine rings is 1. The molecule has 0 aromatic carbocycles. The van der Waals surface area contributed by atoms with Gasteiger partial charge in [-0.25, -0.2) is 4.98 Å². The third-order valence-electron chi connectivity index (χ3n) is 2.96. The summed E-state index contributed by atoms with van der Waals surface area (Å²) in [6, 6.07) is 4.11. The zero-order chi connectivity index (χ0) is 12.1. The Bertz CT molecular complexity index is 353. The largest absolute Gasteiger partial charge is 0.384 e. The van der Waals surface area contributed by atoms with Crippen LogP contribution in [0.1, 0.15) is 5.56 Å². The molecule has 0 aliphatic carbocycles. The van der Waals surface area contributed by atoms with Crippen molar-refractivity contribution in [3.05, 3.63) is 23.9 Å². The van der Waals surface area contributed by atoms with Gasteiger partial charge in [-0.3, -0.25) is 0 Å². The molecule has 0 amide bonds. The predicted molar refractivity (Wildman–Crippen MR) is 65.8 cm³/mol. The number of likely N-dealkylation sites (N-methyl/N-ethyl adjacent to an activating group) is 1. The van der Waals surface area contributed by atoms with Gasteiger partial charge >= 0.3 is 0 Å². The molecule has 0 spiro atoms. The van der Waals surface area contributed by atoms with E-state index in [1.165, 1.54) is 0 Å². The van der Waals surface area contributed by atoms with Gasteiger partial charge in [0.2, 0.25) is 0 Å². The molecule has 1 saturated heterocycles. The van der Waals surface area contributed by atoms with E-state index in [1.807, 2.05) is 19.2 Å². The van der Waals surface area contributed by atoms with Gasteiger partial charge in [0.05, 0.1) is 25.9 Å². The first-order valence-corrected chi connectivity index (χ1v) is 5.86. The van der Waals surface area contributed by atoms with E-state index in [4.69, 9.17) is 15.2 Å². The van der Waals surface area contributed by atoms with Crippen LogP contribution >= 0.6 is 0 Å². The second kappa shape index (κ2) is 5.95. The van der Waals surface area contributed by atoms with Crippen molar-refractivity contribution in [1.82, 2.24) is 10.3 Å². The molecule has 2 heterocycles. The van der Waals surface area contributed by atoms with Crippen molar-refractivity contribution in [2.75, 3.05) is 32.6 Å². The minimum absolute atomic E-state index is 0.100. The fraction of sp³-hybridized carbons (Fsp3) is 0.583. The Morgan fingerprint density at radius 1 is 1.59 bits per heavy atom. The first-order chi connectivity index (χ1) is 8.29. The first-order valence-electron chi connectivity index (χ1n) is 5.86. The van der Waals surface area contributed by atoms with Gasteiger partial charge < -0.3 is 20.5 Å². The van der Waals surface area contributed by atoms with Gasteiger partial charge in [-0.2, -0.15) is 0 Å². The zero-order valence-electron chi connectivity index (χ0n) is 10.1. The lowest BCUT2D eigenvalue weighted by Gasteiger charge is -2.30. The number of nitrogens with zero attached hydrogens (tertiary/aromatic N) is 1. The molecule has 2 atom stereocenters. The quantitative estimate of drug-likeness (QED) is 0.783. The number of anilines is 1. The molecule has 1 aromatic rings. The van der Waals surface area contributed by atoms with Gasteiger partial charge in [0.1, 0.15) is 5.82 Å². The van der Waals surface area contributed by atoms with E-state index in [1.54, 1.807) is 6.20 Å². The minimum atomic E-state index is 0.100. The number of rotatable bonds is 4. The number of nitrogens with two attached hydrogens (primary N) is 1. The molecule has 5 nitrogen and oxygen atoms in total. The Hall–Kier alpha value is -1.17. The lowest BCUT2D eigenvalue weighted by Crippen LogP contribution is -2.46. The fourth-order valence-corrected chi connectivity index (χ4v) is 2.03. The summed E-state index contributed by atoms with van der Waals surface area (Å²) in [5.74, 6) is 0.554. The highest BCUT2D eigenvalue weighted by Crippen LogP contribution is 2.12. The maximum Gasteiger partial charge on any atom is 0.123 e. The lowest BCUT2D eigenvalue weighted by molar-refractivity contribution is -0.100. The highest BCUT2D eigenvalue weighted by molar-refractivity contribution is 5.32. The monoisotopic (exact) mass is 237 g/mol. The van der Waals surface area contributed by atoms with Crippen LogP contribution in [0.3, 0.4) is 0 Å². The van der Waals surface area contributed by atoms with Crippen LogP contribution in [0.4, 0.5) is 5.82 Å². The summed E-state index contributed by atoms with van der Waals surface area (Å²) in [7, 11) is 1.94. The second-order valence-electron chi connectivity index (χ2n) is 4.17. The summed E-state index contributed by atoms with van der Waals surface area (Å²) >= 11 is 0. The molecule has 1 aliphatic rings. The topological polar surface area (TPSA) is 69.4 Å². The Labute approximate surface area is 101 Å². The van der Waals surface area contributed by atoms with E-state index in [0.29, 0.717) is 25.6 Å². The van der Waals surface area contributed by atoms with Crippen molar-refractivity contribution in [1.29, 1.82) is 0 Å². The van der Waals surface area contributed by atoms with Crippen LogP contribution in [-0.4, -0.2) is 44.0 Å². The Morgan fingerprint density at radius 2 is 2.47 bits per heavy atom. The molecular weight excluding hydrogens is 218 g/mol. The standard InChI is InChI=1S/C12H19N3O2/c1-14-10(11-8-16-4-5-17-11)6-9-2-3-15-12(13)7-9/h2-3,7,10-11,14H,4-6,8H2,1H3,(H2,13,15). The fourth-order valence-electron chi connectivity index (χ4n) is 2.03. The SMILES string of the molecule is CNC(Cc1ccnc(N)c1)C1COCCO1. The maximum absolute atomic E-state index is 5.70. The Morgan fingerprint density at radius 3 is 3.12 bits per heavy atom. The van der Waals surface area contributed by atoms with Gasteiger partial charge in [0.15, 0.2) is 0 Å². The molecule has 94 valence electrons. The smallest absolute Gasteiger partial charge is 0.123 e. The van der Waals surface area contributed by atoms with Crippen LogP contribution < -0.4 is 11.1 Å². The van der Waals surface area contributed by atoms with Crippen molar-refractivity contribution in [2.24, 2.45) is 0 Å². The third-order valence-corrected chi connectivity index (χ3v) is 2.96. The van der Waals surface area contributed by atoms with Crippen LogP contribution in [0.2, 0.25) is 0 Å². The second-order valence-corrected chi connectivity index (χ2v) is 4.17. The number of hydrogen-bond donors (Lipinski definition) is 2. The molecule has 1 fully saturated rings. The molecule has 1 aliphatic heterocycles. The van der Waals surface area contributed by atoms with E-state index in [2.05, 4.69) is 10.3 Å². The Balaban J connectivity index is 1.98. The minimum Gasteiger partial charge on any atom is -0.384 e. The van der Waals surface area contributed by atoms with Crippen LogP contribution in [0.5, 0.6) is 0 Å². The molecule has 2 rings (SSSR count). The van der Waals surface area contributed by atoms with Crippen LogP contribution in [0, 0.1) is 0 Å². The molecule has 1 aromatic heterocycles. The number of hydrogen-bond acceptors (Lipinski definition) is 5. The number of ether oxygens (including phenoxy) is 2. The zero-order valence-corrected chi connectivity index (χ0v) is 10.1. The first kappa shape index (κ1) is 12.3. The van der Waals surface area contributed by atoms with Gasteiger partial charge in [-0.05, 0) is 31.2 Å². The summed E-state index contributed by atoms with van der Waals surface area (Å²) in [6.07, 6.45) is 2.69. The van der Waals surface area contributed by atoms with Crippen LogP contribution in [0.15, 0.2) is 18.3 Å². The summed E-state index contributed by atoms with van der Waals surface area (Å²) in [4.78, 5) is 3.99. The summed E-state index contributed by atoms with van der Waals surface area (Å²) in [6.45, 7) is 2.00. The van der Waals surface area contributed by atoms with Gasteiger partial charge in [-0.15, -0.1) is 0 Å². The number of nitrogens with one attached hydrogen (secondary N) is 1. The van der Waals surface area contributed by atoms with E-state index in [-0.39, 0.29) is 12.1 Å². The van der Waals surface area contributed by atoms with E-state index >= 15 is 0 Å². The molecular formula is C12H19N3O2. The molecule has 0 bridgehead atoms. The molecule has 3 N–H and O–H groups in total. The van der Waals surface area contributed by atoms with Crippen LogP contribution in [-0.2, 0) is 15.9 Å². The highest BCUT2D eigenvalue weighted by Gasteiger charge is 2.24. The van der Waals surface area contributed by atoms with Crippen LogP contribution in [0.25, 0.3) is 0 Å².